The summed E-state index contributed by atoms with van der Waals surface area (Å²) in [6.07, 6.45) is 0.517. The summed E-state index contributed by atoms with van der Waals surface area (Å²) >= 11 is 0. The molecule has 0 N–H and O–H groups in total. The van der Waals surface area contributed by atoms with Crippen LogP contribution in [0.5, 0.6) is 0 Å². The Morgan fingerprint density at radius 1 is 0.622 bits per heavy atom. The van der Waals surface area contributed by atoms with Gasteiger partial charge in [0.15, 0.2) is 0 Å². The molecule has 224 valence electrons. The predicted octanol–water partition coefficient (Wildman–Crippen LogP) is 9.69. The SMILES string of the molecule is CC/C1=C\CC/C=C\CC1.F[C-](F)C(F)(F)C(F)(F)C(F)(F)C(F)(F)C(F)(F)C(F)(F)C(F)(F)F.[CH3-].[Pt+2]. The van der Waals surface area contributed by atoms with Crippen LogP contribution in [0.25, 0.3) is 0 Å². The maximum Gasteiger partial charge on any atom is 2.00 e. The molecule has 0 fully saturated rings. The minimum absolute atomic E-state index is 0. The molecule has 0 aliphatic heterocycles. The summed E-state index contributed by atoms with van der Waals surface area (Å²) < 4.78 is 209. The largest absolute Gasteiger partial charge is 2.00 e. The maximum absolute atomic E-state index is 12.7. The van der Waals surface area contributed by atoms with Gasteiger partial charge in [-0.2, -0.15) is 57.1 Å². The second-order valence-corrected chi connectivity index (χ2v) is 7.01. The predicted molar refractivity (Wildman–Crippen MR) is 93.6 cm³/mol. The van der Waals surface area contributed by atoms with Crippen molar-refractivity contribution in [3.8, 4) is 0 Å². The molecular formula is C19H19F17Pt. The van der Waals surface area contributed by atoms with E-state index in [1.165, 1.54) is 32.1 Å². The van der Waals surface area contributed by atoms with Crippen molar-refractivity contribution in [2.24, 2.45) is 0 Å². The maximum atomic E-state index is 12.7. The van der Waals surface area contributed by atoms with E-state index in [1.807, 2.05) is 0 Å². The summed E-state index contributed by atoms with van der Waals surface area (Å²) in [6.45, 7) is 2.25. The number of hydrogen-bond donors (Lipinski definition) is 0. The van der Waals surface area contributed by atoms with Crippen LogP contribution in [0.4, 0.5) is 74.6 Å². The topological polar surface area (TPSA) is 0 Å². The van der Waals surface area contributed by atoms with Crippen LogP contribution in [0.1, 0.15) is 39.0 Å². The molecule has 1 rings (SSSR count). The van der Waals surface area contributed by atoms with Gasteiger partial charge in [0.05, 0.1) is 6.43 Å². The van der Waals surface area contributed by atoms with Crippen LogP contribution in [0.3, 0.4) is 0 Å². The number of alkyl halides is 15. The van der Waals surface area contributed by atoms with Crippen molar-refractivity contribution in [2.75, 3.05) is 0 Å². The van der Waals surface area contributed by atoms with Crippen molar-refractivity contribution >= 4 is 0 Å². The van der Waals surface area contributed by atoms with E-state index in [4.69, 9.17) is 0 Å². The molecule has 0 saturated carbocycles. The Morgan fingerprint density at radius 3 is 1.38 bits per heavy atom. The third-order valence-corrected chi connectivity index (χ3v) is 4.58. The Kier molecular flexibility index (Phi) is 14.6. The molecule has 0 aromatic rings. The zero-order valence-corrected chi connectivity index (χ0v) is 20.8. The fraction of sp³-hybridized carbons (Fsp3) is 0.684. The molecule has 0 saturated heterocycles. The molecule has 0 atom stereocenters. The van der Waals surface area contributed by atoms with Gasteiger partial charge >= 0.3 is 56.9 Å². The van der Waals surface area contributed by atoms with E-state index in [0.29, 0.717) is 0 Å². The molecule has 0 aromatic carbocycles. The van der Waals surface area contributed by atoms with Crippen LogP contribution in [-0.2, 0) is 21.1 Å². The Hall–Kier alpha value is -1.02. The molecule has 0 bridgehead atoms. The Bertz CT molecular complexity index is 750. The smallest absolute Gasteiger partial charge is 0.415 e. The third-order valence-electron chi connectivity index (χ3n) is 4.58. The van der Waals surface area contributed by atoms with Crippen molar-refractivity contribution in [2.45, 2.75) is 80.7 Å². The van der Waals surface area contributed by atoms with E-state index in [9.17, 15) is 74.6 Å². The van der Waals surface area contributed by atoms with E-state index in [1.54, 1.807) is 5.57 Å². The van der Waals surface area contributed by atoms with Crippen LogP contribution in [-0.4, -0.2) is 41.7 Å². The van der Waals surface area contributed by atoms with Crippen LogP contribution in [0, 0.1) is 13.9 Å². The zero-order chi connectivity index (χ0) is 28.3. The van der Waals surface area contributed by atoms with Crippen LogP contribution in [0.2, 0.25) is 0 Å². The molecule has 0 radical (unpaired) electrons. The fourth-order valence-electron chi connectivity index (χ4n) is 2.40. The monoisotopic (exact) mass is 765 g/mol. The summed E-state index contributed by atoms with van der Waals surface area (Å²) in [6, 6.07) is 0. The number of rotatable bonds is 7. The van der Waals surface area contributed by atoms with E-state index >= 15 is 0 Å². The average Bonchev–Trinajstić information content (AvgIpc) is 2.66. The molecule has 0 nitrogen and oxygen atoms in total. The van der Waals surface area contributed by atoms with Gasteiger partial charge in [-0.05, 0) is 32.1 Å². The third kappa shape index (κ3) is 7.55. The van der Waals surface area contributed by atoms with Crippen LogP contribution >= 0.6 is 0 Å². The zero-order valence-electron chi connectivity index (χ0n) is 18.5. The number of halogens is 17. The van der Waals surface area contributed by atoms with Gasteiger partial charge < -0.3 is 16.2 Å². The Morgan fingerprint density at radius 2 is 1.00 bits per heavy atom. The first-order valence-electron chi connectivity index (χ1n) is 9.22. The van der Waals surface area contributed by atoms with Crippen molar-refractivity contribution in [1.29, 1.82) is 0 Å². The van der Waals surface area contributed by atoms with Crippen molar-refractivity contribution in [1.82, 2.24) is 0 Å². The first kappa shape index (κ1) is 40.5. The number of hydrogen-bond acceptors (Lipinski definition) is 0. The molecule has 0 unspecified atom stereocenters. The molecule has 1 aliphatic carbocycles. The van der Waals surface area contributed by atoms with Gasteiger partial charge in [0.1, 0.15) is 0 Å². The Labute approximate surface area is 214 Å². The van der Waals surface area contributed by atoms with Crippen molar-refractivity contribution in [3.63, 3.8) is 0 Å². The van der Waals surface area contributed by atoms with Gasteiger partial charge in [0.25, 0.3) is 5.92 Å². The van der Waals surface area contributed by atoms with Gasteiger partial charge in [0, 0.05) is 0 Å². The van der Waals surface area contributed by atoms with Gasteiger partial charge in [-0.1, -0.05) is 30.7 Å². The van der Waals surface area contributed by atoms with E-state index in [-0.39, 0.29) is 28.5 Å². The van der Waals surface area contributed by atoms with E-state index in [0.717, 1.165) is 0 Å². The first-order valence-corrected chi connectivity index (χ1v) is 9.22. The molecule has 0 heterocycles. The number of allylic oxidation sites excluding steroid dienone is 4. The first-order chi connectivity index (χ1) is 15.4. The second-order valence-electron chi connectivity index (χ2n) is 7.01. The summed E-state index contributed by atoms with van der Waals surface area (Å²) in [7, 11) is 0. The fourth-order valence-corrected chi connectivity index (χ4v) is 2.40. The van der Waals surface area contributed by atoms with Gasteiger partial charge in [-0.15, -0.1) is 0 Å². The van der Waals surface area contributed by atoms with Gasteiger partial charge in [-0.25, -0.2) is 8.78 Å². The minimum Gasteiger partial charge on any atom is -0.415 e. The molecule has 0 amide bonds. The van der Waals surface area contributed by atoms with Crippen molar-refractivity contribution in [3.05, 3.63) is 37.7 Å². The van der Waals surface area contributed by atoms with Gasteiger partial charge in [-0.3, -0.25) is 0 Å². The summed E-state index contributed by atoms with van der Waals surface area (Å²) in [5.74, 6) is -49.4. The molecular weight excluding hydrogens is 746 g/mol. The molecule has 0 aromatic heterocycles. The standard InChI is InChI=1S/C10H16.C8F17.CH3.Pt/c1-2-10-8-6-4-3-5-7-9-10;9-1(10)2(11,12)3(13,14)4(15,16)5(17,18)6(19,20)7(21,22)8(23,24)25;;/h3-4,9H,2,5-8H2,1H3;;1H3;/q;2*-1;+2/b4-3-,10-9+;;;. The van der Waals surface area contributed by atoms with E-state index in [2.05, 4.69) is 25.2 Å². The molecule has 1 aliphatic rings. The van der Waals surface area contributed by atoms with E-state index < -0.39 is 48.1 Å². The molecule has 0 spiro atoms. The molecule has 18 heteroatoms. The summed E-state index contributed by atoms with van der Waals surface area (Å²) in [4.78, 5) is 0. The minimum atomic E-state index is -8.55. The summed E-state index contributed by atoms with van der Waals surface area (Å²) in [5.41, 5.74) is 1.64. The summed E-state index contributed by atoms with van der Waals surface area (Å²) in [5, 5.41) is 0. The quantitative estimate of drug-likeness (QED) is 0.138. The average molecular weight is 765 g/mol. The normalized spacial score (nSPS) is 18.7. The van der Waals surface area contributed by atoms with Crippen LogP contribution < -0.4 is 0 Å². The second kappa shape index (κ2) is 13.4. The van der Waals surface area contributed by atoms with Crippen molar-refractivity contribution < 1.29 is 95.7 Å². The van der Waals surface area contributed by atoms with Gasteiger partial charge in [0.2, 0.25) is 0 Å². The Balaban J connectivity index is -0.000000806. The van der Waals surface area contributed by atoms with Crippen LogP contribution in [0.15, 0.2) is 23.8 Å². The molecule has 37 heavy (non-hydrogen) atoms.